The molecule has 136 valence electrons. The summed E-state index contributed by atoms with van der Waals surface area (Å²) in [5.41, 5.74) is 5.40. The molecular formula is C18H25N3O4. The van der Waals surface area contributed by atoms with Crippen molar-refractivity contribution in [2.75, 3.05) is 18.4 Å². The lowest BCUT2D eigenvalue weighted by Crippen LogP contribution is -2.45. The minimum absolute atomic E-state index is 0.234. The third-order valence-electron chi connectivity index (χ3n) is 3.89. The molecule has 1 aromatic rings. The Balaban J connectivity index is 2.03. The van der Waals surface area contributed by atoms with E-state index in [4.69, 9.17) is 10.5 Å². The third-order valence-corrected chi connectivity index (χ3v) is 3.89. The van der Waals surface area contributed by atoms with Gasteiger partial charge in [-0.05, 0) is 45.7 Å². The molecule has 7 nitrogen and oxygen atoms in total. The van der Waals surface area contributed by atoms with Crippen LogP contribution >= 0.6 is 0 Å². The molecule has 1 fully saturated rings. The van der Waals surface area contributed by atoms with Crippen LogP contribution in [0.5, 0.6) is 0 Å². The van der Waals surface area contributed by atoms with E-state index in [-0.39, 0.29) is 17.4 Å². The lowest BCUT2D eigenvalue weighted by Gasteiger charge is -2.33. The molecule has 7 heteroatoms. The number of hydrogen-bond acceptors (Lipinski definition) is 4. The van der Waals surface area contributed by atoms with Crippen LogP contribution in [0.15, 0.2) is 24.3 Å². The monoisotopic (exact) mass is 347 g/mol. The van der Waals surface area contributed by atoms with E-state index in [1.807, 2.05) is 0 Å². The zero-order valence-electron chi connectivity index (χ0n) is 14.9. The van der Waals surface area contributed by atoms with Crippen molar-refractivity contribution >= 4 is 23.6 Å². The molecular weight excluding hydrogens is 322 g/mol. The molecule has 1 aliphatic heterocycles. The van der Waals surface area contributed by atoms with Gasteiger partial charge in [0.2, 0.25) is 5.91 Å². The number of rotatable bonds is 3. The van der Waals surface area contributed by atoms with Crippen molar-refractivity contribution in [3.63, 3.8) is 0 Å². The van der Waals surface area contributed by atoms with E-state index < -0.39 is 17.6 Å². The molecule has 2 rings (SSSR count). The Morgan fingerprint density at radius 2 is 1.92 bits per heavy atom. The highest BCUT2D eigenvalue weighted by molar-refractivity contribution is 6.03. The average molecular weight is 347 g/mol. The summed E-state index contributed by atoms with van der Waals surface area (Å²) in [5.74, 6) is -1.20. The fourth-order valence-electron chi connectivity index (χ4n) is 2.73. The Bertz CT molecular complexity index is 667. The van der Waals surface area contributed by atoms with E-state index in [0.29, 0.717) is 25.2 Å². The van der Waals surface area contributed by atoms with Gasteiger partial charge in [0.05, 0.1) is 17.2 Å². The summed E-state index contributed by atoms with van der Waals surface area (Å²) in [5, 5.41) is 2.75. The molecule has 0 aliphatic carbocycles. The Labute approximate surface area is 147 Å². The van der Waals surface area contributed by atoms with E-state index in [9.17, 15) is 14.4 Å². The largest absolute Gasteiger partial charge is 0.444 e. The van der Waals surface area contributed by atoms with E-state index in [0.717, 1.165) is 6.42 Å². The number of benzene rings is 1. The fourth-order valence-corrected chi connectivity index (χ4v) is 2.73. The Morgan fingerprint density at radius 3 is 2.56 bits per heavy atom. The molecule has 0 radical (unpaired) electrons. The quantitative estimate of drug-likeness (QED) is 0.876. The number of hydrogen-bond donors (Lipinski definition) is 2. The minimum atomic E-state index is -0.602. The van der Waals surface area contributed by atoms with Crippen LogP contribution in [-0.4, -0.2) is 41.5 Å². The number of piperidine rings is 1. The predicted octanol–water partition coefficient (Wildman–Crippen LogP) is 2.37. The summed E-state index contributed by atoms with van der Waals surface area (Å²) in [7, 11) is 0. The first-order valence-electron chi connectivity index (χ1n) is 8.35. The van der Waals surface area contributed by atoms with Gasteiger partial charge in [-0.1, -0.05) is 12.1 Å². The number of nitrogens with zero attached hydrogens (tertiary/aromatic N) is 1. The van der Waals surface area contributed by atoms with E-state index in [1.54, 1.807) is 49.9 Å². The second kappa shape index (κ2) is 7.55. The molecule has 1 saturated heterocycles. The van der Waals surface area contributed by atoms with Crippen molar-refractivity contribution in [3.05, 3.63) is 29.8 Å². The van der Waals surface area contributed by atoms with Crippen molar-refractivity contribution in [2.45, 2.75) is 39.2 Å². The number of anilines is 1. The van der Waals surface area contributed by atoms with Gasteiger partial charge < -0.3 is 20.7 Å². The van der Waals surface area contributed by atoms with Gasteiger partial charge in [0, 0.05) is 13.1 Å². The second-order valence-corrected chi connectivity index (χ2v) is 7.16. The maximum atomic E-state index is 12.6. The summed E-state index contributed by atoms with van der Waals surface area (Å²) in [4.78, 5) is 37.8. The normalized spacial score (nSPS) is 17.7. The van der Waals surface area contributed by atoms with E-state index in [1.165, 1.54) is 0 Å². The molecule has 0 spiro atoms. The summed E-state index contributed by atoms with van der Waals surface area (Å²) >= 11 is 0. The maximum Gasteiger partial charge on any atom is 0.410 e. The molecule has 3 amide bonds. The lowest BCUT2D eigenvalue weighted by molar-refractivity contribution is -0.121. The van der Waals surface area contributed by atoms with Crippen LogP contribution in [0.1, 0.15) is 44.0 Å². The zero-order valence-corrected chi connectivity index (χ0v) is 14.9. The van der Waals surface area contributed by atoms with Gasteiger partial charge >= 0.3 is 6.09 Å². The number of amides is 3. The van der Waals surface area contributed by atoms with Crippen LogP contribution < -0.4 is 11.1 Å². The summed E-state index contributed by atoms with van der Waals surface area (Å²) in [6.07, 6.45) is 0.973. The van der Waals surface area contributed by atoms with Gasteiger partial charge in [-0.3, -0.25) is 9.59 Å². The van der Waals surface area contributed by atoms with Gasteiger partial charge in [-0.25, -0.2) is 4.79 Å². The number of primary amides is 1. The van der Waals surface area contributed by atoms with Crippen LogP contribution in [-0.2, 0) is 9.53 Å². The van der Waals surface area contributed by atoms with Gasteiger partial charge in [-0.2, -0.15) is 0 Å². The number of ether oxygens (including phenoxy) is 1. The van der Waals surface area contributed by atoms with E-state index >= 15 is 0 Å². The lowest BCUT2D eigenvalue weighted by atomic mass is 9.97. The zero-order chi connectivity index (χ0) is 18.6. The third kappa shape index (κ3) is 5.20. The van der Waals surface area contributed by atoms with Crippen molar-refractivity contribution < 1.29 is 19.1 Å². The van der Waals surface area contributed by atoms with Gasteiger partial charge in [0.15, 0.2) is 0 Å². The molecule has 1 heterocycles. The molecule has 1 aromatic carbocycles. The molecule has 0 bridgehead atoms. The number of nitrogens with one attached hydrogen (secondary N) is 1. The fraction of sp³-hybridized carbons (Fsp3) is 0.500. The topological polar surface area (TPSA) is 102 Å². The van der Waals surface area contributed by atoms with Crippen molar-refractivity contribution in [2.24, 2.45) is 11.7 Å². The first kappa shape index (κ1) is 18.8. The summed E-state index contributed by atoms with van der Waals surface area (Å²) in [6, 6.07) is 6.59. The Hall–Kier alpha value is -2.57. The minimum Gasteiger partial charge on any atom is -0.444 e. The highest BCUT2D eigenvalue weighted by atomic mass is 16.6. The standard InChI is InChI=1S/C18H25N3O4/c1-18(2,3)25-17(24)21-10-6-7-12(11-21)16(23)20-14-9-5-4-8-13(14)15(19)22/h4-5,8-9,12H,6-7,10-11H2,1-3H3,(H2,19,22)(H,20,23)/t12-/m0/s1. The molecule has 25 heavy (non-hydrogen) atoms. The molecule has 0 saturated carbocycles. The van der Waals surface area contributed by atoms with Crippen molar-refractivity contribution in [3.8, 4) is 0 Å². The van der Waals surface area contributed by atoms with Crippen molar-refractivity contribution in [1.82, 2.24) is 4.90 Å². The number of likely N-dealkylation sites (tertiary alicyclic amines) is 1. The maximum absolute atomic E-state index is 12.6. The van der Waals surface area contributed by atoms with Crippen LogP contribution in [0.25, 0.3) is 0 Å². The molecule has 0 unspecified atom stereocenters. The molecule has 3 N–H and O–H groups in total. The Kier molecular flexibility index (Phi) is 5.66. The number of carbonyl (C=O) groups excluding carboxylic acids is 3. The molecule has 0 aromatic heterocycles. The first-order chi connectivity index (χ1) is 11.7. The first-order valence-corrected chi connectivity index (χ1v) is 8.35. The summed E-state index contributed by atoms with van der Waals surface area (Å²) in [6.45, 7) is 6.27. The smallest absolute Gasteiger partial charge is 0.410 e. The number of nitrogens with two attached hydrogens (primary N) is 1. The predicted molar refractivity (Wildman–Crippen MR) is 94.1 cm³/mol. The van der Waals surface area contributed by atoms with Crippen molar-refractivity contribution in [1.29, 1.82) is 0 Å². The molecule has 1 aliphatic rings. The van der Waals surface area contributed by atoms with Gasteiger partial charge in [0.25, 0.3) is 5.91 Å². The highest BCUT2D eigenvalue weighted by Gasteiger charge is 2.31. The van der Waals surface area contributed by atoms with Gasteiger partial charge in [0.1, 0.15) is 5.60 Å². The SMILES string of the molecule is CC(C)(C)OC(=O)N1CCC[C@H](C(=O)Nc2ccccc2C(N)=O)C1. The van der Waals surface area contributed by atoms with E-state index in [2.05, 4.69) is 5.32 Å². The van der Waals surface area contributed by atoms with Crippen LogP contribution in [0.3, 0.4) is 0 Å². The van der Waals surface area contributed by atoms with Crippen LogP contribution in [0.4, 0.5) is 10.5 Å². The average Bonchev–Trinajstić information content (AvgIpc) is 2.53. The summed E-state index contributed by atoms with van der Waals surface area (Å²) < 4.78 is 5.37. The number of para-hydroxylation sites is 1. The molecule has 1 atom stereocenters. The second-order valence-electron chi connectivity index (χ2n) is 7.16. The highest BCUT2D eigenvalue weighted by Crippen LogP contribution is 2.22. The number of carbonyl (C=O) groups is 3. The van der Waals surface area contributed by atoms with Crippen LogP contribution in [0, 0.1) is 5.92 Å². The van der Waals surface area contributed by atoms with Gasteiger partial charge in [-0.15, -0.1) is 0 Å². The van der Waals surface area contributed by atoms with Crippen LogP contribution in [0.2, 0.25) is 0 Å². The Morgan fingerprint density at radius 1 is 1.24 bits per heavy atom.